The van der Waals surface area contributed by atoms with Crippen molar-refractivity contribution in [2.45, 2.75) is 49.6 Å². The molecular weight excluding hydrogens is 455 g/mol. The molecule has 2 aromatic rings. The lowest BCUT2D eigenvalue weighted by molar-refractivity contribution is -0.129. The molecule has 6 nitrogen and oxygen atoms in total. The van der Waals surface area contributed by atoms with Gasteiger partial charge in [0.15, 0.2) is 0 Å². The highest BCUT2D eigenvalue weighted by Crippen LogP contribution is 2.25. The Hall–Kier alpha value is -2.55. The smallest absolute Gasteiger partial charge is 0.247 e. The van der Waals surface area contributed by atoms with Crippen LogP contribution in [-0.2, 0) is 26.1 Å². The van der Waals surface area contributed by atoms with Gasteiger partial charge in [0.1, 0.15) is 5.82 Å². The zero-order valence-electron chi connectivity index (χ0n) is 19.2. The molecule has 0 N–H and O–H groups in total. The standard InChI is InChI=1S/C26H31FN2O4S/c27-23-11-6-22(7-12-23)20-29(24-4-2-1-3-5-24)26(30)15-10-21-8-13-25(14-9-21)34(31,32)28-16-18-33-19-17-28/h6-15,24H,1-5,16-20H2/b15-10+. The number of sulfonamides is 1. The van der Waals surface area contributed by atoms with Crippen molar-refractivity contribution in [1.29, 1.82) is 0 Å². The van der Waals surface area contributed by atoms with Crippen LogP contribution in [0.25, 0.3) is 6.08 Å². The summed E-state index contributed by atoms with van der Waals surface area (Å²) in [7, 11) is -3.55. The van der Waals surface area contributed by atoms with Gasteiger partial charge in [0.05, 0.1) is 18.1 Å². The number of rotatable bonds is 7. The minimum absolute atomic E-state index is 0.0961. The molecule has 1 aliphatic heterocycles. The van der Waals surface area contributed by atoms with E-state index in [1.54, 1.807) is 48.6 Å². The molecule has 0 unspecified atom stereocenters. The van der Waals surface area contributed by atoms with Crippen molar-refractivity contribution < 1.29 is 22.3 Å². The van der Waals surface area contributed by atoms with Crippen LogP contribution < -0.4 is 0 Å². The van der Waals surface area contributed by atoms with Crippen LogP contribution in [0.4, 0.5) is 4.39 Å². The molecule has 182 valence electrons. The van der Waals surface area contributed by atoms with Gasteiger partial charge in [-0.2, -0.15) is 4.31 Å². The maximum Gasteiger partial charge on any atom is 0.247 e. The van der Waals surface area contributed by atoms with E-state index in [1.807, 2.05) is 4.90 Å². The maximum absolute atomic E-state index is 13.3. The molecule has 1 heterocycles. The van der Waals surface area contributed by atoms with Crippen LogP contribution in [0.3, 0.4) is 0 Å². The second-order valence-corrected chi connectivity index (χ2v) is 10.7. The van der Waals surface area contributed by atoms with Gasteiger partial charge in [-0.25, -0.2) is 12.8 Å². The van der Waals surface area contributed by atoms with Crippen molar-refractivity contribution in [2.75, 3.05) is 26.3 Å². The lowest BCUT2D eigenvalue weighted by Crippen LogP contribution is -2.40. The van der Waals surface area contributed by atoms with E-state index in [-0.39, 0.29) is 22.7 Å². The summed E-state index contributed by atoms with van der Waals surface area (Å²) in [5, 5.41) is 0. The first-order chi connectivity index (χ1) is 16.4. The van der Waals surface area contributed by atoms with E-state index in [0.29, 0.717) is 32.8 Å². The summed E-state index contributed by atoms with van der Waals surface area (Å²) in [5.74, 6) is -0.389. The zero-order chi connectivity index (χ0) is 24.0. The molecule has 1 saturated carbocycles. The van der Waals surface area contributed by atoms with E-state index in [2.05, 4.69) is 0 Å². The summed E-state index contributed by atoms with van der Waals surface area (Å²) < 4.78 is 45.6. The van der Waals surface area contributed by atoms with Gasteiger partial charge in [0.25, 0.3) is 0 Å². The second kappa shape index (κ2) is 11.3. The van der Waals surface area contributed by atoms with Crippen LogP contribution in [0.2, 0.25) is 0 Å². The average Bonchev–Trinajstić information content (AvgIpc) is 2.88. The fraction of sp³-hybridized carbons (Fsp3) is 0.423. The number of amides is 1. The largest absolute Gasteiger partial charge is 0.379 e. The number of carbonyl (C=O) groups excluding carboxylic acids is 1. The first-order valence-electron chi connectivity index (χ1n) is 11.8. The molecule has 34 heavy (non-hydrogen) atoms. The molecule has 0 atom stereocenters. The van der Waals surface area contributed by atoms with Gasteiger partial charge in [0.2, 0.25) is 15.9 Å². The molecule has 0 bridgehead atoms. The molecule has 1 amide bonds. The third kappa shape index (κ3) is 6.11. The van der Waals surface area contributed by atoms with Crippen LogP contribution >= 0.6 is 0 Å². The van der Waals surface area contributed by atoms with Crippen molar-refractivity contribution >= 4 is 22.0 Å². The van der Waals surface area contributed by atoms with Crippen LogP contribution in [-0.4, -0.2) is 55.9 Å². The second-order valence-electron chi connectivity index (χ2n) is 8.80. The highest BCUT2D eigenvalue weighted by molar-refractivity contribution is 7.89. The first-order valence-corrected chi connectivity index (χ1v) is 13.3. The van der Waals surface area contributed by atoms with Gasteiger partial charge >= 0.3 is 0 Å². The molecule has 4 rings (SSSR count). The normalized spacial score (nSPS) is 18.3. The van der Waals surface area contributed by atoms with Crippen molar-refractivity contribution in [3.8, 4) is 0 Å². The van der Waals surface area contributed by atoms with E-state index >= 15 is 0 Å². The fourth-order valence-electron chi connectivity index (χ4n) is 4.52. The van der Waals surface area contributed by atoms with Crippen molar-refractivity contribution in [3.05, 3.63) is 71.6 Å². The van der Waals surface area contributed by atoms with Crippen LogP contribution in [0.1, 0.15) is 43.2 Å². The number of hydrogen-bond donors (Lipinski definition) is 0. The number of carbonyl (C=O) groups is 1. The topological polar surface area (TPSA) is 66.9 Å². The molecule has 2 aliphatic rings. The Labute approximate surface area is 201 Å². The van der Waals surface area contributed by atoms with Crippen molar-refractivity contribution in [3.63, 3.8) is 0 Å². The molecule has 0 radical (unpaired) electrons. The third-order valence-corrected chi connectivity index (χ3v) is 8.38. The van der Waals surface area contributed by atoms with Crippen molar-refractivity contribution in [1.82, 2.24) is 9.21 Å². The lowest BCUT2D eigenvalue weighted by atomic mass is 9.93. The molecule has 0 spiro atoms. The van der Waals surface area contributed by atoms with Gasteiger partial charge in [0, 0.05) is 31.8 Å². The Bertz CT molecular complexity index is 1090. The molecule has 2 aromatic carbocycles. The van der Waals surface area contributed by atoms with Crippen LogP contribution in [0, 0.1) is 5.82 Å². The predicted octanol–water partition coefficient (Wildman–Crippen LogP) is 4.22. The van der Waals surface area contributed by atoms with Crippen LogP contribution in [0.5, 0.6) is 0 Å². The highest BCUT2D eigenvalue weighted by atomic mass is 32.2. The van der Waals surface area contributed by atoms with Crippen LogP contribution in [0.15, 0.2) is 59.5 Å². The summed E-state index contributed by atoms with van der Waals surface area (Å²) in [6.07, 6.45) is 8.58. The van der Waals surface area contributed by atoms with Crippen molar-refractivity contribution in [2.24, 2.45) is 0 Å². The number of nitrogens with zero attached hydrogens (tertiary/aromatic N) is 2. The number of morpholine rings is 1. The summed E-state index contributed by atoms with van der Waals surface area (Å²) in [5.41, 5.74) is 1.64. The monoisotopic (exact) mass is 486 g/mol. The Balaban J connectivity index is 1.46. The SMILES string of the molecule is O=C(/C=C/c1ccc(S(=O)(=O)N2CCOCC2)cc1)N(Cc1ccc(F)cc1)C1CCCCC1. The average molecular weight is 487 g/mol. The number of ether oxygens (including phenoxy) is 1. The zero-order valence-corrected chi connectivity index (χ0v) is 20.1. The van der Waals surface area contributed by atoms with E-state index in [0.717, 1.165) is 36.8 Å². The number of hydrogen-bond acceptors (Lipinski definition) is 4. The van der Waals surface area contributed by atoms with Gasteiger partial charge < -0.3 is 9.64 Å². The fourth-order valence-corrected chi connectivity index (χ4v) is 5.92. The van der Waals surface area contributed by atoms with E-state index in [9.17, 15) is 17.6 Å². The molecule has 0 aromatic heterocycles. The summed E-state index contributed by atoms with van der Waals surface area (Å²) in [6.45, 7) is 1.94. The first kappa shape index (κ1) is 24.6. The quantitative estimate of drug-likeness (QED) is 0.550. The third-order valence-electron chi connectivity index (χ3n) is 6.47. The molecular formula is C26H31FN2O4S. The van der Waals surface area contributed by atoms with Gasteiger partial charge in [-0.15, -0.1) is 0 Å². The molecule has 8 heteroatoms. The predicted molar refractivity (Wildman–Crippen MR) is 129 cm³/mol. The van der Waals surface area contributed by atoms with E-state index in [4.69, 9.17) is 4.74 Å². The Kier molecular flexibility index (Phi) is 8.13. The van der Waals surface area contributed by atoms with E-state index in [1.165, 1.54) is 22.9 Å². The Morgan fingerprint density at radius 3 is 2.29 bits per heavy atom. The number of benzene rings is 2. The molecule has 2 fully saturated rings. The summed E-state index contributed by atoms with van der Waals surface area (Å²) >= 11 is 0. The van der Waals surface area contributed by atoms with Gasteiger partial charge in [-0.1, -0.05) is 43.5 Å². The molecule has 1 aliphatic carbocycles. The number of halogens is 1. The summed E-state index contributed by atoms with van der Waals surface area (Å²) in [6, 6.07) is 13.0. The highest BCUT2D eigenvalue weighted by Gasteiger charge is 2.26. The van der Waals surface area contributed by atoms with Gasteiger partial charge in [-0.3, -0.25) is 4.79 Å². The maximum atomic E-state index is 13.3. The molecule has 1 saturated heterocycles. The van der Waals surface area contributed by atoms with E-state index < -0.39 is 10.0 Å². The Morgan fingerprint density at radius 2 is 1.65 bits per heavy atom. The Morgan fingerprint density at radius 1 is 1.00 bits per heavy atom. The van der Waals surface area contributed by atoms with Gasteiger partial charge in [-0.05, 0) is 54.3 Å². The lowest BCUT2D eigenvalue weighted by Gasteiger charge is -2.34. The summed E-state index contributed by atoms with van der Waals surface area (Å²) in [4.78, 5) is 15.3. The minimum atomic E-state index is -3.55. The minimum Gasteiger partial charge on any atom is -0.379 e.